The number of amides is 1. The van der Waals surface area contributed by atoms with Gasteiger partial charge in [0.05, 0.1) is 41.6 Å². The van der Waals surface area contributed by atoms with Gasteiger partial charge in [0, 0.05) is 44.5 Å². The molecule has 0 aliphatic carbocycles. The first-order valence-electron chi connectivity index (χ1n) is 18.9. The van der Waals surface area contributed by atoms with Gasteiger partial charge in [0.15, 0.2) is 0 Å². The normalized spacial score (nSPS) is 15.4. The standard InChI is InChI=1S/C45H42Cl2N6O4/c1-24-17-30-21-37(45(55)56)51(22-31-11-7-8-15-48-31)40(30)36(18-24)53-43(47)29(6)52-41-33(12-9-13-35(41)38-27(4)49-23-50-28(38)5)34(42(52)44(53)54)14-10-16-57-32-19-25(2)39(46)26(3)20-32/h7-9,11-13,15,17-21,23,29,43H,10,14,16,22H2,1-6H3,(H,55,56)/t29-,43?/m1/s1. The number of carboxylic acid groups (broad SMARTS) is 1. The number of para-hydroxylation sites is 1. The van der Waals surface area contributed by atoms with Gasteiger partial charge >= 0.3 is 5.97 Å². The third-order valence-corrected chi connectivity index (χ3v) is 12.1. The Labute approximate surface area is 340 Å². The van der Waals surface area contributed by atoms with Crippen LogP contribution in [-0.2, 0) is 13.0 Å². The summed E-state index contributed by atoms with van der Waals surface area (Å²) in [6, 6.07) is 20.7. The average Bonchev–Trinajstić information content (AvgIpc) is 3.71. The minimum absolute atomic E-state index is 0.0903. The fourth-order valence-electron chi connectivity index (χ4n) is 8.46. The van der Waals surface area contributed by atoms with Crippen LogP contribution in [0, 0.1) is 34.6 Å². The maximum absolute atomic E-state index is 15.5. The fraction of sp³-hybridized carbons (Fsp3) is 0.267. The number of carboxylic acids is 1. The molecule has 0 saturated heterocycles. The van der Waals surface area contributed by atoms with Crippen LogP contribution in [0.2, 0.25) is 5.02 Å². The number of aromatic carboxylic acids is 1. The number of alkyl halides is 1. The molecule has 1 amide bonds. The van der Waals surface area contributed by atoms with Gasteiger partial charge in [0.2, 0.25) is 0 Å². The molecule has 0 bridgehead atoms. The van der Waals surface area contributed by atoms with Crippen LogP contribution >= 0.6 is 23.2 Å². The first-order valence-corrected chi connectivity index (χ1v) is 19.8. The number of fused-ring (bicyclic) bond motifs is 4. The SMILES string of the molecule is Cc1cc(N2C(=O)c3c(CCCOc4cc(C)c(Cl)c(C)c4)c4cccc(-c5c(C)ncnc5C)c4n3[C@H](C)C2Cl)c2c(c1)cc(C(=O)O)n2Cc1ccccn1. The molecule has 0 fully saturated rings. The summed E-state index contributed by atoms with van der Waals surface area (Å²) in [5, 5.41) is 12.8. The third-order valence-electron chi connectivity index (χ3n) is 11.0. The number of hydrogen-bond donors (Lipinski definition) is 1. The maximum atomic E-state index is 15.5. The summed E-state index contributed by atoms with van der Waals surface area (Å²) in [4.78, 5) is 43.4. The zero-order valence-corrected chi connectivity index (χ0v) is 34.1. The first-order chi connectivity index (χ1) is 27.3. The number of hydrogen-bond acceptors (Lipinski definition) is 6. The maximum Gasteiger partial charge on any atom is 0.352 e. The fourth-order valence-corrected chi connectivity index (χ4v) is 8.88. The summed E-state index contributed by atoms with van der Waals surface area (Å²) in [5.41, 5.74) is 9.62. The Hall–Kier alpha value is -5.71. The van der Waals surface area contributed by atoms with Gasteiger partial charge in [-0.25, -0.2) is 14.8 Å². The molecule has 4 aromatic heterocycles. The van der Waals surface area contributed by atoms with E-state index >= 15 is 4.79 Å². The number of benzene rings is 3. The summed E-state index contributed by atoms with van der Waals surface area (Å²) in [6.07, 6.45) is 4.41. The Morgan fingerprint density at radius 3 is 2.33 bits per heavy atom. The number of carbonyl (C=O) groups is 2. The third kappa shape index (κ3) is 6.60. The van der Waals surface area contributed by atoms with Crippen molar-refractivity contribution in [3.63, 3.8) is 0 Å². The molecular formula is C45H42Cl2N6O4. The van der Waals surface area contributed by atoms with Crippen molar-refractivity contribution in [2.24, 2.45) is 0 Å². The number of nitrogens with zero attached hydrogens (tertiary/aromatic N) is 6. The van der Waals surface area contributed by atoms with Crippen LogP contribution in [0.4, 0.5) is 5.69 Å². The highest BCUT2D eigenvalue weighted by Gasteiger charge is 2.42. The van der Waals surface area contributed by atoms with Crippen molar-refractivity contribution in [1.29, 1.82) is 0 Å². The molecule has 0 saturated carbocycles. The van der Waals surface area contributed by atoms with Gasteiger partial charge in [-0.1, -0.05) is 47.5 Å². The van der Waals surface area contributed by atoms with E-state index in [2.05, 4.69) is 31.7 Å². The topological polar surface area (TPSA) is 115 Å². The van der Waals surface area contributed by atoms with Gasteiger partial charge in [0.1, 0.15) is 29.0 Å². The Morgan fingerprint density at radius 1 is 0.912 bits per heavy atom. The van der Waals surface area contributed by atoms with Crippen molar-refractivity contribution in [2.45, 2.75) is 72.5 Å². The molecule has 290 valence electrons. The predicted octanol–water partition coefficient (Wildman–Crippen LogP) is 10.2. The number of carbonyl (C=O) groups excluding carboxylic acids is 1. The van der Waals surface area contributed by atoms with Crippen molar-refractivity contribution < 1.29 is 19.4 Å². The molecule has 1 aliphatic heterocycles. The van der Waals surface area contributed by atoms with Gasteiger partial charge in [0.25, 0.3) is 5.91 Å². The van der Waals surface area contributed by atoms with E-state index in [4.69, 9.17) is 27.9 Å². The number of halogens is 2. The van der Waals surface area contributed by atoms with Gasteiger partial charge in [-0.05, 0) is 119 Å². The van der Waals surface area contributed by atoms with Crippen molar-refractivity contribution in [3.05, 3.63) is 135 Å². The lowest BCUT2D eigenvalue weighted by atomic mass is 9.98. The van der Waals surface area contributed by atoms with Crippen LogP contribution in [0.5, 0.6) is 5.75 Å². The smallest absolute Gasteiger partial charge is 0.352 e. The van der Waals surface area contributed by atoms with E-state index in [1.807, 2.05) is 90.1 Å². The second-order valence-corrected chi connectivity index (χ2v) is 15.7. The van der Waals surface area contributed by atoms with Gasteiger partial charge in [-0.2, -0.15) is 0 Å². The van der Waals surface area contributed by atoms with Crippen molar-refractivity contribution in [3.8, 4) is 16.9 Å². The molecule has 10 nitrogen and oxygen atoms in total. The number of aryl methyl sites for hydroxylation is 6. The lowest BCUT2D eigenvalue weighted by Crippen LogP contribution is -2.48. The highest BCUT2D eigenvalue weighted by Crippen LogP contribution is 2.46. The highest BCUT2D eigenvalue weighted by molar-refractivity contribution is 6.32. The molecule has 7 aromatic rings. The molecule has 5 heterocycles. The number of anilines is 1. The quantitative estimate of drug-likeness (QED) is 0.0832. The molecule has 8 rings (SSSR count). The Balaban J connectivity index is 1.30. The number of pyridine rings is 1. The zero-order valence-electron chi connectivity index (χ0n) is 32.6. The van der Waals surface area contributed by atoms with E-state index in [0.717, 1.165) is 66.4 Å². The van der Waals surface area contributed by atoms with E-state index in [9.17, 15) is 9.90 Å². The van der Waals surface area contributed by atoms with Crippen LogP contribution < -0.4 is 9.64 Å². The lowest BCUT2D eigenvalue weighted by molar-refractivity contribution is 0.0686. The van der Waals surface area contributed by atoms with E-state index in [1.165, 1.54) is 0 Å². The second-order valence-electron chi connectivity index (χ2n) is 14.9. The van der Waals surface area contributed by atoms with Crippen LogP contribution in [0.1, 0.15) is 79.7 Å². The molecule has 3 aromatic carbocycles. The van der Waals surface area contributed by atoms with Gasteiger partial charge < -0.3 is 19.0 Å². The monoisotopic (exact) mass is 800 g/mol. The largest absolute Gasteiger partial charge is 0.494 e. The molecular weight excluding hydrogens is 759 g/mol. The van der Waals surface area contributed by atoms with Crippen LogP contribution in [0.15, 0.2) is 79.3 Å². The molecule has 0 spiro atoms. The van der Waals surface area contributed by atoms with E-state index in [1.54, 1.807) is 28.1 Å². The molecule has 0 radical (unpaired) electrons. The molecule has 1 N–H and O–H groups in total. The minimum atomic E-state index is -1.08. The summed E-state index contributed by atoms with van der Waals surface area (Å²) >= 11 is 13.9. The van der Waals surface area contributed by atoms with Crippen molar-refractivity contribution in [2.75, 3.05) is 11.5 Å². The van der Waals surface area contributed by atoms with Crippen LogP contribution in [0.25, 0.3) is 32.9 Å². The number of ether oxygens (including phenoxy) is 1. The van der Waals surface area contributed by atoms with E-state index in [0.29, 0.717) is 47.4 Å². The summed E-state index contributed by atoms with van der Waals surface area (Å²) < 4.78 is 10.1. The number of rotatable bonds is 10. The summed E-state index contributed by atoms with van der Waals surface area (Å²) in [6.45, 7) is 12.4. The van der Waals surface area contributed by atoms with Crippen molar-refractivity contribution in [1.82, 2.24) is 24.1 Å². The Kier molecular flexibility index (Phi) is 10.0. The molecule has 1 unspecified atom stereocenters. The van der Waals surface area contributed by atoms with E-state index < -0.39 is 17.5 Å². The lowest BCUT2D eigenvalue weighted by Gasteiger charge is -2.39. The average molecular weight is 802 g/mol. The van der Waals surface area contributed by atoms with E-state index in [-0.39, 0.29) is 18.1 Å². The van der Waals surface area contributed by atoms with Crippen LogP contribution in [0.3, 0.4) is 0 Å². The predicted molar refractivity (Wildman–Crippen MR) is 225 cm³/mol. The molecule has 57 heavy (non-hydrogen) atoms. The molecule has 2 atom stereocenters. The van der Waals surface area contributed by atoms with Crippen LogP contribution in [-0.4, -0.2) is 53.2 Å². The van der Waals surface area contributed by atoms with Crippen molar-refractivity contribution >= 4 is 62.6 Å². The molecule has 1 aliphatic rings. The Morgan fingerprint density at radius 2 is 1.65 bits per heavy atom. The number of aromatic nitrogens is 5. The second kappa shape index (κ2) is 15.0. The van der Waals surface area contributed by atoms with Gasteiger partial charge in [-0.15, -0.1) is 0 Å². The molecule has 12 heteroatoms. The summed E-state index contributed by atoms with van der Waals surface area (Å²) in [5.74, 6) is -0.612. The summed E-state index contributed by atoms with van der Waals surface area (Å²) in [7, 11) is 0. The van der Waals surface area contributed by atoms with Gasteiger partial charge in [-0.3, -0.25) is 14.7 Å². The minimum Gasteiger partial charge on any atom is -0.494 e. The highest BCUT2D eigenvalue weighted by atomic mass is 35.5. The first kappa shape index (κ1) is 38.2. The zero-order chi connectivity index (χ0) is 40.3. The Bertz CT molecular complexity index is 2700.